The molecule has 0 atom stereocenters. The normalized spacial score (nSPS) is 11.4. The molecule has 20 heavy (non-hydrogen) atoms. The van der Waals surface area contributed by atoms with Gasteiger partial charge in [0.1, 0.15) is 11.5 Å². The van der Waals surface area contributed by atoms with Crippen LogP contribution in [0.15, 0.2) is 45.8 Å². The van der Waals surface area contributed by atoms with E-state index in [1.807, 2.05) is 0 Å². The Kier molecular flexibility index (Phi) is 4.39. The van der Waals surface area contributed by atoms with Crippen LogP contribution in [-0.2, 0) is 10.0 Å². The van der Waals surface area contributed by atoms with Crippen LogP contribution in [0.25, 0.3) is 0 Å². The minimum absolute atomic E-state index is 0.0742. The van der Waals surface area contributed by atoms with Crippen molar-refractivity contribution >= 4 is 37.6 Å². The van der Waals surface area contributed by atoms with Crippen LogP contribution in [0.1, 0.15) is 5.56 Å². The molecule has 2 aromatic carbocycles. The number of primary sulfonamides is 1. The summed E-state index contributed by atoms with van der Waals surface area (Å²) in [6.07, 6.45) is 0. The monoisotopic (exact) mass is 375 g/mol. The molecule has 0 aliphatic heterocycles. The Labute approximate surface area is 130 Å². The Morgan fingerprint density at radius 2 is 1.90 bits per heavy atom. The summed E-state index contributed by atoms with van der Waals surface area (Å²) in [5.41, 5.74) is 0.510. The molecule has 106 valence electrons. The maximum atomic E-state index is 11.3. The van der Waals surface area contributed by atoms with Crippen LogP contribution in [0.4, 0.5) is 0 Å². The summed E-state index contributed by atoms with van der Waals surface area (Å²) in [5.74, 6) is 0.957. The Morgan fingerprint density at radius 1 is 1.20 bits per heavy atom. The second-order valence-corrected chi connectivity index (χ2v) is 7.00. The molecule has 0 saturated carbocycles. The van der Waals surface area contributed by atoms with Gasteiger partial charge in [-0.2, -0.15) is 0 Å². The van der Waals surface area contributed by atoms with Gasteiger partial charge >= 0.3 is 0 Å². The molecule has 7 heteroatoms. The molecule has 0 unspecified atom stereocenters. The van der Waals surface area contributed by atoms with E-state index in [4.69, 9.17) is 21.5 Å². The Balaban J connectivity index is 2.36. The lowest BCUT2D eigenvalue weighted by molar-refractivity contribution is 0.481. The number of aryl methyl sites for hydroxylation is 1. The van der Waals surface area contributed by atoms with Crippen molar-refractivity contribution in [3.8, 4) is 11.5 Å². The van der Waals surface area contributed by atoms with Gasteiger partial charge in [0.15, 0.2) is 0 Å². The van der Waals surface area contributed by atoms with E-state index in [0.29, 0.717) is 22.1 Å². The van der Waals surface area contributed by atoms with Crippen LogP contribution in [-0.4, -0.2) is 8.42 Å². The predicted octanol–water partition coefficient (Wildman–Crippen LogP) is 3.85. The average molecular weight is 377 g/mol. The third-order valence-electron chi connectivity index (χ3n) is 2.57. The van der Waals surface area contributed by atoms with Crippen LogP contribution in [0.3, 0.4) is 0 Å². The highest BCUT2D eigenvalue weighted by atomic mass is 79.9. The van der Waals surface area contributed by atoms with Crippen LogP contribution in [0.2, 0.25) is 5.02 Å². The molecule has 0 aliphatic rings. The van der Waals surface area contributed by atoms with E-state index in [-0.39, 0.29) is 4.90 Å². The summed E-state index contributed by atoms with van der Waals surface area (Å²) in [6.45, 7) is 1.65. The number of nitrogens with two attached hydrogens (primary N) is 1. The minimum Gasteiger partial charge on any atom is -0.456 e. The van der Waals surface area contributed by atoms with Gasteiger partial charge in [-0.1, -0.05) is 27.5 Å². The molecule has 0 amide bonds. The standard InChI is InChI=1S/C13H11BrClNO3S/c1-8-6-10(3-5-13(8)20(16,17)18)19-12-7-9(14)2-4-11(12)15/h2-7H,1H3,(H2,16,17,18). The fourth-order valence-electron chi connectivity index (χ4n) is 1.69. The lowest BCUT2D eigenvalue weighted by Gasteiger charge is -2.10. The van der Waals surface area contributed by atoms with Crippen molar-refractivity contribution in [3.63, 3.8) is 0 Å². The van der Waals surface area contributed by atoms with Crippen molar-refractivity contribution in [1.29, 1.82) is 0 Å². The van der Waals surface area contributed by atoms with Crippen molar-refractivity contribution in [2.75, 3.05) is 0 Å². The fraction of sp³-hybridized carbons (Fsp3) is 0.0769. The molecule has 0 aliphatic carbocycles. The van der Waals surface area contributed by atoms with Gasteiger partial charge in [-0.15, -0.1) is 0 Å². The molecule has 0 saturated heterocycles. The number of benzene rings is 2. The topological polar surface area (TPSA) is 69.4 Å². The third kappa shape index (κ3) is 3.52. The van der Waals surface area contributed by atoms with Crippen LogP contribution < -0.4 is 9.88 Å². The van der Waals surface area contributed by atoms with Crippen molar-refractivity contribution in [2.45, 2.75) is 11.8 Å². The summed E-state index contributed by atoms with van der Waals surface area (Å²) >= 11 is 9.36. The van der Waals surface area contributed by atoms with Gasteiger partial charge in [0.25, 0.3) is 0 Å². The summed E-state index contributed by atoms with van der Waals surface area (Å²) in [6, 6.07) is 9.76. The molecule has 2 aromatic rings. The minimum atomic E-state index is -3.73. The largest absolute Gasteiger partial charge is 0.456 e. The van der Waals surface area contributed by atoms with Gasteiger partial charge in [-0.3, -0.25) is 0 Å². The maximum Gasteiger partial charge on any atom is 0.238 e. The molecule has 0 spiro atoms. The molecule has 4 nitrogen and oxygen atoms in total. The summed E-state index contributed by atoms with van der Waals surface area (Å²) < 4.78 is 29.1. The van der Waals surface area contributed by atoms with Gasteiger partial charge in [0.2, 0.25) is 10.0 Å². The Hall–Kier alpha value is -1.08. The predicted molar refractivity (Wildman–Crippen MR) is 81.8 cm³/mol. The van der Waals surface area contributed by atoms with E-state index in [9.17, 15) is 8.42 Å². The molecule has 2 N–H and O–H groups in total. The molecule has 2 rings (SSSR count). The first-order valence-corrected chi connectivity index (χ1v) is 8.25. The van der Waals surface area contributed by atoms with Crippen LogP contribution in [0, 0.1) is 6.92 Å². The van der Waals surface area contributed by atoms with E-state index in [1.165, 1.54) is 12.1 Å². The number of halogens is 2. The van der Waals surface area contributed by atoms with Crippen molar-refractivity contribution < 1.29 is 13.2 Å². The van der Waals surface area contributed by atoms with Gasteiger partial charge in [0, 0.05) is 4.47 Å². The zero-order valence-corrected chi connectivity index (χ0v) is 13.6. The number of sulfonamides is 1. The highest BCUT2D eigenvalue weighted by molar-refractivity contribution is 9.10. The first-order valence-electron chi connectivity index (χ1n) is 5.54. The van der Waals surface area contributed by atoms with E-state index >= 15 is 0 Å². The summed E-state index contributed by atoms with van der Waals surface area (Å²) in [5, 5.41) is 5.57. The van der Waals surface area contributed by atoms with Crippen molar-refractivity contribution in [2.24, 2.45) is 5.14 Å². The van der Waals surface area contributed by atoms with E-state index in [2.05, 4.69) is 15.9 Å². The molecular formula is C13H11BrClNO3S. The Morgan fingerprint density at radius 3 is 2.50 bits per heavy atom. The number of hydrogen-bond acceptors (Lipinski definition) is 3. The second-order valence-electron chi connectivity index (χ2n) is 4.15. The zero-order valence-electron chi connectivity index (χ0n) is 10.4. The smallest absolute Gasteiger partial charge is 0.238 e. The third-order valence-corrected chi connectivity index (χ3v) is 4.45. The molecular weight excluding hydrogens is 366 g/mol. The maximum absolute atomic E-state index is 11.3. The Bertz CT molecular complexity index is 762. The van der Waals surface area contributed by atoms with Gasteiger partial charge in [0.05, 0.1) is 9.92 Å². The second kappa shape index (κ2) is 5.73. The number of ether oxygens (including phenoxy) is 1. The molecule has 0 radical (unpaired) electrons. The lowest BCUT2D eigenvalue weighted by atomic mass is 10.2. The van der Waals surface area contributed by atoms with Crippen molar-refractivity contribution in [3.05, 3.63) is 51.5 Å². The van der Waals surface area contributed by atoms with E-state index in [0.717, 1.165) is 4.47 Å². The van der Waals surface area contributed by atoms with Gasteiger partial charge in [-0.05, 0) is 48.9 Å². The number of rotatable bonds is 3. The highest BCUT2D eigenvalue weighted by Crippen LogP contribution is 2.32. The van der Waals surface area contributed by atoms with Gasteiger partial charge in [-0.25, -0.2) is 13.6 Å². The molecule has 0 heterocycles. The zero-order chi connectivity index (χ0) is 14.9. The number of hydrogen-bond donors (Lipinski definition) is 1. The SMILES string of the molecule is Cc1cc(Oc2cc(Br)ccc2Cl)ccc1S(N)(=O)=O. The molecule has 0 fully saturated rings. The first-order chi connectivity index (χ1) is 9.27. The van der Waals surface area contributed by atoms with E-state index in [1.54, 1.807) is 31.2 Å². The fourth-order valence-corrected chi connectivity index (χ4v) is 2.95. The lowest BCUT2D eigenvalue weighted by Crippen LogP contribution is -2.13. The van der Waals surface area contributed by atoms with Crippen LogP contribution >= 0.6 is 27.5 Å². The van der Waals surface area contributed by atoms with E-state index < -0.39 is 10.0 Å². The van der Waals surface area contributed by atoms with Crippen molar-refractivity contribution in [1.82, 2.24) is 0 Å². The molecule has 0 aromatic heterocycles. The first kappa shape index (κ1) is 15.3. The highest BCUT2D eigenvalue weighted by Gasteiger charge is 2.12. The average Bonchev–Trinajstić information content (AvgIpc) is 2.32. The summed E-state index contributed by atoms with van der Waals surface area (Å²) in [7, 11) is -3.73. The summed E-state index contributed by atoms with van der Waals surface area (Å²) in [4.78, 5) is 0.0742. The molecule has 0 bridgehead atoms. The van der Waals surface area contributed by atoms with Crippen LogP contribution in [0.5, 0.6) is 11.5 Å². The van der Waals surface area contributed by atoms with Gasteiger partial charge < -0.3 is 4.74 Å². The quantitative estimate of drug-likeness (QED) is 0.884.